The molecule has 4 aromatic rings. The molecule has 1 N–H and O–H groups in total. The highest BCUT2D eigenvalue weighted by atomic mass is 32.1. The summed E-state index contributed by atoms with van der Waals surface area (Å²) >= 11 is 1.71. The van der Waals surface area contributed by atoms with E-state index in [4.69, 9.17) is 14.5 Å². The molecule has 0 radical (unpaired) electrons. The van der Waals surface area contributed by atoms with Crippen LogP contribution >= 0.6 is 11.3 Å². The van der Waals surface area contributed by atoms with E-state index in [2.05, 4.69) is 19.1 Å². The summed E-state index contributed by atoms with van der Waals surface area (Å²) in [4.78, 5) is 17.7. The highest BCUT2D eigenvalue weighted by molar-refractivity contribution is 7.15. The van der Waals surface area contributed by atoms with Crippen molar-refractivity contribution in [2.24, 2.45) is 0 Å². The van der Waals surface area contributed by atoms with Crippen LogP contribution in [-0.2, 0) is 22.4 Å². The molecule has 0 bridgehead atoms. The summed E-state index contributed by atoms with van der Waals surface area (Å²) < 4.78 is 11.7. The van der Waals surface area contributed by atoms with Gasteiger partial charge in [0.15, 0.2) is 6.10 Å². The third kappa shape index (κ3) is 5.64. The first-order chi connectivity index (χ1) is 16.6. The Balaban J connectivity index is 1.48. The van der Waals surface area contributed by atoms with E-state index < -0.39 is 12.1 Å². The minimum absolute atomic E-state index is 0.316. The first-order valence-corrected chi connectivity index (χ1v) is 12.4. The highest BCUT2D eigenvalue weighted by Crippen LogP contribution is 2.31. The summed E-state index contributed by atoms with van der Waals surface area (Å²) in [5.74, 6) is -0.150. The number of fused-ring (bicyclic) bond motifs is 1. The summed E-state index contributed by atoms with van der Waals surface area (Å²) in [5, 5.41) is 12.5. The maximum absolute atomic E-state index is 11.7. The van der Waals surface area contributed by atoms with E-state index in [1.54, 1.807) is 11.3 Å². The lowest BCUT2D eigenvalue weighted by atomic mass is 9.99. The fraction of sp³-hybridized carbons (Fsp3) is 0.286. The lowest BCUT2D eigenvalue weighted by Gasteiger charge is -2.16. The maximum atomic E-state index is 11.7. The van der Waals surface area contributed by atoms with Crippen LogP contribution in [0.4, 0.5) is 0 Å². The van der Waals surface area contributed by atoms with Gasteiger partial charge in [-0.15, -0.1) is 11.3 Å². The van der Waals surface area contributed by atoms with Gasteiger partial charge in [0.1, 0.15) is 10.8 Å². The van der Waals surface area contributed by atoms with E-state index in [0.29, 0.717) is 19.6 Å². The molecular weight excluding hydrogens is 446 g/mol. The quantitative estimate of drug-likeness (QED) is 0.275. The van der Waals surface area contributed by atoms with Gasteiger partial charge in [0.2, 0.25) is 0 Å². The Bertz CT molecular complexity index is 1250. The number of benzene rings is 3. The third-order valence-corrected chi connectivity index (χ3v) is 6.75. The lowest BCUT2D eigenvalue weighted by Crippen LogP contribution is -2.26. The molecule has 34 heavy (non-hydrogen) atoms. The molecule has 6 heteroatoms. The van der Waals surface area contributed by atoms with Crippen molar-refractivity contribution >= 4 is 28.1 Å². The van der Waals surface area contributed by atoms with E-state index in [1.165, 1.54) is 4.88 Å². The minimum atomic E-state index is -0.939. The molecule has 1 atom stereocenters. The summed E-state index contributed by atoms with van der Waals surface area (Å²) in [6, 6.07) is 22.0. The van der Waals surface area contributed by atoms with Gasteiger partial charge in [0, 0.05) is 35.3 Å². The Kier molecular flexibility index (Phi) is 7.93. The number of carboxylic acids is 1. The van der Waals surface area contributed by atoms with Crippen molar-refractivity contribution in [2.75, 3.05) is 13.2 Å². The van der Waals surface area contributed by atoms with E-state index >= 15 is 0 Å². The summed E-state index contributed by atoms with van der Waals surface area (Å²) in [7, 11) is 0. The predicted molar refractivity (Wildman–Crippen MR) is 137 cm³/mol. The average molecular weight is 476 g/mol. The van der Waals surface area contributed by atoms with E-state index in [1.807, 2.05) is 61.5 Å². The first-order valence-electron chi connectivity index (χ1n) is 11.6. The number of nitrogens with zero attached hydrogens (tertiary/aromatic N) is 1. The van der Waals surface area contributed by atoms with Crippen LogP contribution in [0.15, 0.2) is 66.7 Å². The SMILES string of the molecule is CCCOC(Cc1ccc(OCCc2nc(-c3ccccc3)sc2C)c2ccccc12)C(=O)O. The molecular formula is C28H29NO4S. The van der Waals surface area contributed by atoms with Crippen molar-refractivity contribution in [3.8, 4) is 16.3 Å². The molecule has 1 unspecified atom stereocenters. The van der Waals surface area contributed by atoms with Gasteiger partial charge in [-0.3, -0.25) is 0 Å². The predicted octanol–water partition coefficient (Wildman–Crippen LogP) is 6.32. The van der Waals surface area contributed by atoms with Gasteiger partial charge in [-0.05, 0) is 30.4 Å². The summed E-state index contributed by atoms with van der Waals surface area (Å²) in [6.45, 7) is 5.01. The molecule has 0 aliphatic rings. The molecule has 176 valence electrons. The number of aliphatic carboxylic acids is 1. The summed E-state index contributed by atoms with van der Waals surface area (Å²) in [6.07, 6.45) is 0.956. The van der Waals surface area contributed by atoms with Gasteiger partial charge in [0.25, 0.3) is 0 Å². The molecule has 0 saturated carbocycles. The van der Waals surface area contributed by atoms with Crippen molar-refractivity contribution in [2.45, 2.75) is 39.2 Å². The zero-order chi connectivity index (χ0) is 23.9. The number of ether oxygens (including phenoxy) is 2. The zero-order valence-electron chi connectivity index (χ0n) is 19.5. The largest absolute Gasteiger partial charge is 0.493 e. The number of thiazole rings is 1. The van der Waals surface area contributed by atoms with Gasteiger partial charge in [0.05, 0.1) is 12.3 Å². The Labute approximate surface area is 204 Å². The monoisotopic (exact) mass is 475 g/mol. The average Bonchev–Trinajstić information content (AvgIpc) is 3.23. The number of hydrogen-bond donors (Lipinski definition) is 1. The molecule has 0 aliphatic heterocycles. The van der Waals surface area contributed by atoms with Crippen LogP contribution in [0.3, 0.4) is 0 Å². The van der Waals surface area contributed by atoms with E-state index in [9.17, 15) is 9.90 Å². The van der Waals surface area contributed by atoms with Gasteiger partial charge < -0.3 is 14.6 Å². The van der Waals surface area contributed by atoms with Gasteiger partial charge >= 0.3 is 5.97 Å². The van der Waals surface area contributed by atoms with E-state index in [-0.39, 0.29) is 0 Å². The van der Waals surface area contributed by atoms with E-state index in [0.717, 1.165) is 51.2 Å². The smallest absolute Gasteiger partial charge is 0.333 e. The van der Waals surface area contributed by atoms with Crippen LogP contribution in [-0.4, -0.2) is 35.4 Å². The molecule has 0 saturated heterocycles. The fourth-order valence-electron chi connectivity index (χ4n) is 3.94. The lowest BCUT2D eigenvalue weighted by molar-refractivity contribution is -0.150. The molecule has 3 aromatic carbocycles. The number of hydrogen-bond acceptors (Lipinski definition) is 5. The Hall–Kier alpha value is -3.22. The van der Waals surface area contributed by atoms with Gasteiger partial charge in [-0.1, -0.05) is 67.6 Å². The van der Waals surface area contributed by atoms with Gasteiger partial charge in [-0.2, -0.15) is 0 Å². The number of rotatable bonds is 11. The van der Waals surface area contributed by atoms with Crippen molar-refractivity contribution in [1.29, 1.82) is 0 Å². The maximum Gasteiger partial charge on any atom is 0.333 e. The number of carbonyl (C=O) groups is 1. The van der Waals surface area contributed by atoms with Crippen molar-refractivity contribution in [3.63, 3.8) is 0 Å². The number of aryl methyl sites for hydroxylation is 1. The van der Waals surface area contributed by atoms with Crippen LogP contribution in [0.1, 0.15) is 29.5 Å². The number of aromatic nitrogens is 1. The van der Waals surface area contributed by atoms with Crippen LogP contribution in [0.2, 0.25) is 0 Å². The second kappa shape index (κ2) is 11.3. The molecule has 0 amide bonds. The van der Waals surface area contributed by atoms with Crippen LogP contribution in [0.5, 0.6) is 5.75 Å². The molecule has 4 rings (SSSR count). The standard InChI is InChI=1S/C28H29NO4S/c1-3-16-32-26(28(30)31)18-21-13-14-25(23-12-8-7-11-22(21)23)33-17-15-24-19(2)34-27(29-24)20-9-5-4-6-10-20/h4-14,26H,3,15-18H2,1-2H3,(H,30,31). The Morgan fingerprint density at radius 2 is 1.74 bits per heavy atom. The van der Waals surface area contributed by atoms with Crippen molar-refractivity contribution in [1.82, 2.24) is 4.98 Å². The Morgan fingerprint density at radius 3 is 2.47 bits per heavy atom. The van der Waals surface area contributed by atoms with Crippen LogP contribution < -0.4 is 4.74 Å². The van der Waals surface area contributed by atoms with Crippen LogP contribution in [0.25, 0.3) is 21.3 Å². The zero-order valence-corrected chi connectivity index (χ0v) is 20.3. The second-order valence-electron chi connectivity index (χ2n) is 8.16. The first kappa shape index (κ1) is 23.9. The van der Waals surface area contributed by atoms with Crippen molar-refractivity contribution in [3.05, 3.63) is 82.9 Å². The minimum Gasteiger partial charge on any atom is -0.493 e. The Morgan fingerprint density at radius 1 is 1.00 bits per heavy atom. The second-order valence-corrected chi connectivity index (χ2v) is 9.36. The van der Waals surface area contributed by atoms with Crippen molar-refractivity contribution < 1.29 is 19.4 Å². The molecule has 0 spiro atoms. The fourth-order valence-corrected chi connectivity index (χ4v) is 4.90. The molecule has 1 aromatic heterocycles. The highest BCUT2D eigenvalue weighted by Gasteiger charge is 2.20. The third-order valence-electron chi connectivity index (χ3n) is 5.69. The molecule has 0 aliphatic carbocycles. The molecule has 1 heterocycles. The topological polar surface area (TPSA) is 68.7 Å². The summed E-state index contributed by atoms with van der Waals surface area (Å²) in [5.41, 5.74) is 3.13. The van der Waals surface area contributed by atoms with Gasteiger partial charge in [-0.25, -0.2) is 9.78 Å². The normalized spacial score (nSPS) is 12.1. The van der Waals surface area contributed by atoms with Crippen LogP contribution in [0, 0.1) is 6.92 Å². The molecule has 0 fully saturated rings. The molecule has 5 nitrogen and oxygen atoms in total. The number of carboxylic acid groups (broad SMARTS) is 1.